The zero-order chi connectivity index (χ0) is 12.2. The van der Waals surface area contributed by atoms with E-state index in [2.05, 4.69) is 5.32 Å². The molecule has 0 saturated heterocycles. The first-order valence-corrected chi connectivity index (χ1v) is 6.46. The molecule has 0 radical (unpaired) electrons. The van der Waals surface area contributed by atoms with Crippen LogP contribution in [-0.2, 0) is 14.6 Å². The van der Waals surface area contributed by atoms with E-state index < -0.39 is 21.5 Å². The van der Waals surface area contributed by atoms with Gasteiger partial charge in [0.1, 0.15) is 5.75 Å². The summed E-state index contributed by atoms with van der Waals surface area (Å²) in [4.78, 5) is 11.2. The molecule has 88 valence electrons. The predicted octanol–water partition coefficient (Wildman–Crippen LogP) is 0.179. The minimum absolute atomic E-state index is 0.00116. The van der Waals surface area contributed by atoms with Gasteiger partial charge in [-0.2, -0.15) is 0 Å². The summed E-state index contributed by atoms with van der Waals surface area (Å²) in [6.07, 6.45) is 0. The van der Waals surface area contributed by atoms with Gasteiger partial charge < -0.3 is 11.1 Å². The number of anilines is 1. The molecule has 1 rings (SSSR count). The second kappa shape index (κ2) is 4.98. The van der Waals surface area contributed by atoms with Crippen molar-refractivity contribution in [1.82, 2.24) is 5.32 Å². The molecule has 5 nitrogen and oxygen atoms in total. The molecule has 3 N–H and O–H groups in total. The summed E-state index contributed by atoms with van der Waals surface area (Å²) in [6.45, 7) is 2.13. The van der Waals surface area contributed by atoms with Gasteiger partial charge in [0.05, 0.1) is 10.6 Å². The van der Waals surface area contributed by atoms with Crippen molar-refractivity contribution in [3.05, 3.63) is 24.3 Å². The molecule has 1 amide bonds. The van der Waals surface area contributed by atoms with Crippen molar-refractivity contribution < 1.29 is 13.2 Å². The van der Waals surface area contributed by atoms with Crippen molar-refractivity contribution in [2.45, 2.75) is 11.8 Å². The maximum Gasteiger partial charge on any atom is 0.235 e. The molecule has 0 bridgehead atoms. The zero-order valence-corrected chi connectivity index (χ0v) is 9.75. The van der Waals surface area contributed by atoms with Crippen LogP contribution in [0.2, 0.25) is 0 Å². The number of benzene rings is 1. The molecular weight excluding hydrogens is 228 g/mol. The SMILES string of the molecule is CCNC(=O)CS(=O)(=O)c1ccccc1N. The second-order valence-corrected chi connectivity index (χ2v) is 5.21. The van der Waals surface area contributed by atoms with Crippen LogP contribution in [0.15, 0.2) is 29.2 Å². The number of carbonyl (C=O) groups is 1. The monoisotopic (exact) mass is 242 g/mol. The molecule has 0 aliphatic rings. The van der Waals surface area contributed by atoms with E-state index in [1.165, 1.54) is 12.1 Å². The number of rotatable bonds is 4. The van der Waals surface area contributed by atoms with Gasteiger partial charge in [-0.1, -0.05) is 12.1 Å². The molecule has 0 aliphatic carbocycles. The first kappa shape index (κ1) is 12.5. The Labute approximate surface area is 94.6 Å². The molecule has 0 heterocycles. The van der Waals surface area contributed by atoms with Crippen molar-refractivity contribution in [2.75, 3.05) is 18.0 Å². The third kappa shape index (κ3) is 2.96. The fourth-order valence-electron chi connectivity index (χ4n) is 1.26. The first-order valence-electron chi connectivity index (χ1n) is 4.81. The lowest BCUT2D eigenvalue weighted by Crippen LogP contribution is -2.30. The van der Waals surface area contributed by atoms with Gasteiger partial charge in [-0.05, 0) is 19.1 Å². The van der Waals surface area contributed by atoms with Crippen molar-refractivity contribution in [1.29, 1.82) is 0 Å². The minimum Gasteiger partial charge on any atom is -0.398 e. The van der Waals surface area contributed by atoms with Crippen LogP contribution in [0.5, 0.6) is 0 Å². The molecule has 16 heavy (non-hydrogen) atoms. The Hall–Kier alpha value is -1.56. The van der Waals surface area contributed by atoms with E-state index in [-0.39, 0.29) is 10.6 Å². The molecular formula is C10H14N2O3S. The maximum atomic E-state index is 11.8. The van der Waals surface area contributed by atoms with Gasteiger partial charge in [-0.3, -0.25) is 4.79 Å². The molecule has 0 aromatic heterocycles. The van der Waals surface area contributed by atoms with E-state index >= 15 is 0 Å². The van der Waals surface area contributed by atoms with Crippen LogP contribution in [0.3, 0.4) is 0 Å². The molecule has 6 heteroatoms. The van der Waals surface area contributed by atoms with Crippen LogP contribution in [0.4, 0.5) is 5.69 Å². The Morgan fingerprint density at radius 1 is 1.38 bits per heavy atom. The van der Waals surface area contributed by atoms with E-state index in [0.29, 0.717) is 6.54 Å². The number of hydrogen-bond donors (Lipinski definition) is 2. The highest BCUT2D eigenvalue weighted by Crippen LogP contribution is 2.18. The standard InChI is InChI=1S/C10H14N2O3S/c1-2-12-10(13)7-16(14,15)9-6-4-3-5-8(9)11/h3-6H,2,7,11H2,1H3,(H,12,13). The number of sulfone groups is 1. The third-order valence-electron chi connectivity index (χ3n) is 1.95. The maximum absolute atomic E-state index is 11.8. The summed E-state index contributed by atoms with van der Waals surface area (Å²) in [5.74, 6) is -1.10. The lowest BCUT2D eigenvalue weighted by Gasteiger charge is -2.06. The molecule has 0 spiro atoms. The Balaban J connectivity index is 2.95. The van der Waals surface area contributed by atoms with E-state index in [1.807, 2.05) is 0 Å². The Morgan fingerprint density at radius 2 is 2.00 bits per heavy atom. The fourth-order valence-corrected chi connectivity index (χ4v) is 2.58. The van der Waals surface area contributed by atoms with Gasteiger partial charge in [0.25, 0.3) is 0 Å². The number of nitrogen functional groups attached to an aromatic ring is 1. The predicted molar refractivity (Wildman–Crippen MR) is 61.6 cm³/mol. The first-order chi connectivity index (χ1) is 7.47. The summed E-state index contributed by atoms with van der Waals surface area (Å²) in [5, 5.41) is 2.43. The smallest absolute Gasteiger partial charge is 0.235 e. The number of nitrogens with two attached hydrogens (primary N) is 1. The molecule has 0 atom stereocenters. The number of nitrogens with one attached hydrogen (secondary N) is 1. The fraction of sp³-hybridized carbons (Fsp3) is 0.300. The highest BCUT2D eigenvalue weighted by Gasteiger charge is 2.20. The average Bonchev–Trinajstić information content (AvgIpc) is 2.17. The highest BCUT2D eigenvalue weighted by atomic mass is 32.2. The van der Waals surface area contributed by atoms with E-state index in [4.69, 9.17) is 5.73 Å². The van der Waals surface area contributed by atoms with Crippen LogP contribution in [0, 0.1) is 0 Å². The molecule has 1 aromatic rings. The lowest BCUT2D eigenvalue weighted by atomic mass is 10.3. The van der Waals surface area contributed by atoms with Gasteiger partial charge in [0.15, 0.2) is 9.84 Å². The van der Waals surface area contributed by atoms with Crippen LogP contribution in [-0.4, -0.2) is 26.6 Å². The molecule has 0 unspecified atom stereocenters. The Bertz CT molecular complexity index is 483. The van der Waals surface area contributed by atoms with Crippen molar-refractivity contribution in [3.8, 4) is 0 Å². The summed E-state index contributed by atoms with van der Waals surface area (Å²) < 4.78 is 23.6. The van der Waals surface area contributed by atoms with Gasteiger partial charge >= 0.3 is 0 Å². The van der Waals surface area contributed by atoms with Crippen LogP contribution < -0.4 is 11.1 Å². The summed E-state index contributed by atoms with van der Waals surface area (Å²) in [6, 6.07) is 6.09. The van der Waals surface area contributed by atoms with Gasteiger partial charge in [0.2, 0.25) is 5.91 Å². The lowest BCUT2D eigenvalue weighted by molar-refractivity contribution is -0.118. The largest absolute Gasteiger partial charge is 0.398 e. The van der Waals surface area contributed by atoms with E-state index in [0.717, 1.165) is 0 Å². The van der Waals surface area contributed by atoms with Crippen molar-refractivity contribution in [3.63, 3.8) is 0 Å². The van der Waals surface area contributed by atoms with Crippen LogP contribution in [0.1, 0.15) is 6.92 Å². The van der Waals surface area contributed by atoms with Crippen molar-refractivity contribution >= 4 is 21.4 Å². The summed E-state index contributed by atoms with van der Waals surface area (Å²) in [7, 11) is -3.65. The van der Waals surface area contributed by atoms with Crippen molar-refractivity contribution in [2.24, 2.45) is 0 Å². The van der Waals surface area contributed by atoms with Crippen LogP contribution >= 0.6 is 0 Å². The molecule has 0 aliphatic heterocycles. The molecule has 1 aromatic carbocycles. The average molecular weight is 242 g/mol. The quantitative estimate of drug-likeness (QED) is 0.737. The Kier molecular flexibility index (Phi) is 3.89. The van der Waals surface area contributed by atoms with E-state index in [1.54, 1.807) is 19.1 Å². The molecule has 0 saturated carbocycles. The number of carbonyl (C=O) groups excluding carboxylic acids is 1. The second-order valence-electron chi connectivity index (χ2n) is 3.25. The zero-order valence-electron chi connectivity index (χ0n) is 8.93. The number of hydrogen-bond acceptors (Lipinski definition) is 4. The third-order valence-corrected chi connectivity index (χ3v) is 3.63. The number of amides is 1. The van der Waals surface area contributed by atoms with Gasteiger partial charge in [-0.25, -0.2) is 8.42 Å². The highest BCUT2D eigenvalue weighted by molar-refractivity contribution is 7.92. The minimum atomic E-state index is -3.65. The normalized spacial score (nSPS) is 11.1. The molecule has 0 fully saturated rings. The van der Waals surface area contributed by atoms with E-state index in [9.17, 15) is 13.2 Å². The Morgan fingerprint density at radius 3 is 2.56 bits per heavy atom. The van der Waals surface area contributed by atoms with Crippen LogP contribution in [0.25, 0.3) is 0 Å². The summed E-state index contributed by atoms with van der Waals surface area (Å²) in [5.41, 5.74) is 5.70. The van der Waals surface area contributed by atoms with Gasteiger partial charge in [0, 0.05) is 6.54 Å². The van der Waals surface area contributed by atoms with Gasteiger partial charge in [-0.15, -0.1) is 0 Å². The summed E-state index contributed by atoms with van der Waals surface area (Å²) >= 11 is 0. The topological polar surface area (TPSA) is 89.3 Å². The number of para-hydroxylation sites is 1.